The molecule has 71 heavy (non-hydrogen) atoms. The zero-order chi connectivity index (χ0) is 51.6. The Balaban J connectivity index is 0.000000169. The smallest absolute Gasteiger partial charge is 0.357 e. The van der Waals surface area contributed by atoms with Crippen LogP contribution in [0.2, 0.25) is 0 Å². The Bertz CT molecular complexity index is 3700. The van der Waals surface area contributed by atoms with E-state index in [0.29, 0.717) is 66.7 Å². The standard InChI is InChI=1S/C26H23N5O3.C15H13N3O2.C11H12N2O2.CH3F/c1-15(2)31-22-10-6-5-9-21(22)24(30-31)26(34)27-17-11-12-18(16(13-17)14-32)23-19-7-3-4-8-20(19)25(33)29-28-23;16-10-5-6-11(9(7-10)8-19)14-12-3-1-2-4-13(12)15(20)18-17-14;1-7(2)13-9-6-4-3-5-8(9)10(12-13)11(14)15;1-2/h3-13,15,32H,14H2,1-2H3,(H,27,34)(H,29,33);1-7,19H,8,16H2,(H,18,20);3-7H,1-2H3,(H,14,15);1H3/i;;;1D. The molecule has 18 heteroatoms. The second-order valence-corrected chi connectivity index (χ2v) is 16.6. The zero-order valence-electron chi connectivity index (χ0n) is 40.1. The first-order chi connectivity index (χ1) is 34.7. The van der Waals surface area contributed by atoms with Crippen LogP contribution in [0, 0.1) is 0 Å². The number of hydrogen-bond acceptors (Lipinski definition) is 11. The highest BCUT2D eigenvalue weighted by atomic mass is 19.1. The lowest BCUT2D eigenvalue weighted by Gasteiger charge is -2.12. The number of aromatic carboxylic acids is 1. The number of alkyl halides is 1. The van der Waals surface area contributed by atoms with Gasteiger partial charge in [0.2, 0.25) is 0 Å². The van der Waals surface area contributed by atoms with E-state index < -0.39 is 13.1 Å². The zero-order valence-corrected chi connectivity index (χ0v) is 39.1. The number of anilines is 2. The number of nitrogen functional groups attached to an aromatic ring is 1. The van der Waals surface area contributed by atoms with Crippen molar-refractivity contribution < 1.29 is 30.7 Å². The molecule has 0 atom stereocenters. The van der Waals surface area contributed by atoms with Crippen molar-refractivity contribution in [1.82, 2.24) is 40.0 Å². The van der Waals surface area contributed by atoms with Crippen LogP contribution < -0.4 is 22.2 Å². The first-order valence-electron chi connectivity index (χ1n) is 22.9. The number of nitrogens with one attached hydrogen (secondary N) is 3. The van der Waals surface area contributed by atoms with E-state index in [2.05, 4.69) is 35.9 Å². The molecule has 0 aliphatic rings. The molecule has 10 rings (SSSR count). The molecule has 8 N–H and O–H groups in total. The molecule has 0 unspecified atom stereocenters. The van der Waals surface area contributed by atoms with Crippen molar-refractivity contribution in [3.8, 4) is 22.5 Å². The SMILES string of the molecule is CC(C)n1nc(C(=O)Nc2ccc(-c3n[nH]c(=O)c4ccccc34)c(CO)c2)c2ccccc21.CC(C)n1nc(C(=O)O)c2ccccc21.Nc1ccc(-c2n[nH]c(=O)c3ccccc23)c(CO)c1.[2H]CF. The minimum Gasteiger partial charge on any atom is -0.476 e. The van der Waals surface area contributed by atoms with Crippen molar-refractivity contribution in [2.24, 2.45) is 0 Å². The second kappa shape index (κ2) is 22.0. The van der Waals surface area contributed by atoms with Crippen LogP contribution in [0.5, 0.6) is 0 Å². The molecular formula is C53H51FN10O7. The van der Waals surface area contributed by atoms with E-state index in [1.165, 1.54) is 0 Å². The summed E-state index contributed by atoms with van der Waals surface area (Å²) in [4.78, 5) is 48.0. The predicted octanol–water partition coefficient (Wildman–Crippen LogP) is 8.83. The maximum Gasteiger partial charge on any atom is 0.357 e. The van der Waals surface area contributed by atoms with Gasteiger partial charge in [0, 0.05) is 56.1 Å². The van der Waals surface area contributed by atoms with Gasteiger partial charge in [0.05, 0.1) is 54.9 Å². The van der Waals surface area contributed by atoms with Crippen molar-refractivity contribution >= 4 is 66.6 Å². The van der Waals surface area contributed by atoms with Crippen molar-refractivity contribution in [2.75, 3.05) is 18.2 Å². The molecule has 10 aromatic rings. The summed E-state index contributed by atoms with van der Waals surface area (Å²) in [5.74, 6) is -1.31. The number of aliphatic hydroxyl groups excluding tert-OH is 2. The number of nitrogens with zero attached hydrogens (tertiary/aromatic N) is 6. The number of fused-ring (bicyclic) bond motifs is 4. The predicted molar refractivity (Wildman–Crippen MR) is 274 cm³/mol. The summed E-state index contributed by atoms with van der Waals surface area (Å²) >= 11 is 0. The van der Waals surface area contributed by atoms with Crippen molar-refractivity contribution in [3.63, 3.8) is 0 Å². The number of carboxylic acids is 1. The van der Waals surface area contributed by atoms with Crippen molar-refractivity contribution in [2.45, 2.75) is 53.0 Å². The van der Waals surface area contributed by atoms with Gasteiger partial charge in [-0.2, -0.15) is 20.4 Å². The fourth-order valence-electron chi connectivity index (χ4n) is 8.13. The van der Waals surface area contributed by atoms with Gasteiger partial charge in [0.15, 0.2) is 11.4 Å². The number of aromatic amines is 2. The van der Waals surface area contributed by atoms with Crippen molar-refractivity contribution in [1.29, 1.82) is 0 Å². The molecule has 6 aromatic carbocycles. The highest BCUT2D eigenvalue weighted by molar-refractivity contribution is 6.11. The first kappa shape index (κ1) is 48.6. The number of amides is 1. The molecule has 0 radical (unpaired) electrons. The number of carbonyl (C=O) groups is 2. The maximum absolute atomic E-state index is 13.1. The lowest BCUT2D eigenvalue weighted by molar-refractivity contribution is 0.0691. The molecule has 1 amide bonds. The van der Waals surface area contributed by atoms with Gasteiger partial charge in [0.1, 0.15) is 0 Å². The number of benzene rings is 6. The molecule has 0 aliphatic carbocycles. The first-order valence-corrected chi connectivity index (χ1v) is 22.2. The fourth-order valence-corrected chi connectivity index (χ4v) is 8.13. The van der Waals surface area contributed by atoms with Gasteiger partial charge in [-0.1, -0.05) is 84.9 Å². The number of aliphatic hydroxyl groups is 2. The average molecular weight is 960 g/mol. The minimum absolute atomic E-state index is 0.103. The van der Waals surface area contributed by atoms with E-state index in [0.717, 1.165) is 27.4 Å². The number of hydrogen-bond donors (Lipinski definition) is 7. The molecule has 0 aliphatic heterocycles. The van der Waals surface area contributed by atoms with E-state index in [4.69, 9.17) is 12.2 Å². The lowest BCUT2D eigenvalue weighted by Crippen LogP contribution is -2.14. The number of rotatable bonds is 9. The fraction of sp³-hybridized carbons (Fsp3) is 0.170. The summed E-state index contributed by atoms with van der Waals surface area (Å²) in [6, 6.07) is 40.1. The number of H-pyrrole nitrogens is 2. The molecule has 0 spiro atoms. The number of carboxylic acid groups (broad SMARTS) is 1. The Hall–Kier alpha value is -8.87. The summed E-state index contributed by atoms with van der Waals surface area (Å²) < 4.78 is 19.1. The average Bonchev–Trinajstić information content (AvgIpc) is 3.99. The van der Waals surface area contributed by atoms with Gasteiger partial charge in [-0.3, -0.25) is 28.1 Å². The van der Waals surface area contributed by atoms with E-state index in [1.54, 1.807) is 71.4 Å². The number of halogens is 1. The second-order valence-electron chi connectivity index (χ2n) is 16.6. The van der Waals surface area contributed by atoms with E-state index >= 15 is 0 Å². The van der Waals surface area contributed by atoms with Crippen LogP contribution in [-0.4, -0.2) is 74.3 Å². The van der Waals surface area contributed by atoms with Crippen LogP contribution in [0.3, 0.4) is 0 Å². The number of nitrogens with two attached hydrogens (primary N) is 1. The van der Waals surface area contributed by atoms with Gasteiger partial charge in [-0.25, -0.2) is 15.0 Å². The largest absolute Gasteiger partial charge is 0.476 e. The highest BCUT2D eigenvalue weighted by Gasteiger charge is 2.21. The van der Waals surface area contributed by atoms with Crippen LogP contribution in [0.1, 0.15) is 73.3 Å². The topological polar surface area (TPSA) is 260 Å². The normalized spacial score (nSPS) is 11.1. The van der Waals surface area contributed by atoms with E-state index in [1.807, 2.05) is 99.1 Å². The molecule has 362 valence electrons. The Labute approximate surface area is 406 Å². The highest BCUT2D eigenvalue weighted by Crippen LogP contribution is 2.31. The van der Waals surface area contributed by atoms with E-state index in [-0.39, 0.29) is 48.0 Å². The minimum atomic E-state index is -1.00. The quantitative estimate of drug-likeness (QED) is 0.0670. The summed E-state index contributed by atoms with van der Waals surface area (Å²) in [5.41, 5.74) is 12.4. The Kier molecular flexibility index (Phi) is 15.1. The van der Waals surface area contributed by atoms with Crippen LogP contribution in [0.4, 0.5) is 15.8 Å². The Morgan fingerprint density at radius 3 is 1.51 bits per heavy atom. The Morgan fingerprint density at radius 2 is 1.04 bits per heavy atom. The third-order valence-corrected chi connectivity index (χ3v) is 11.4. The molecule has 0 saturated heterocycles. The molecule has 0 fully saturated rings. The molecule has 0 bridgehead atoms. The van der Waals surface area contributed by atoms with Crippen LogP contribution >= 0.6 is 0 Å². The summed E-state index contributed by atoms with van der Waals surface area (Å²) in [7, 11) is -1.00. The van der Waals surface area contributed by atoms with Crippen LogP contribution in [0.15, 0.2) is 143 Å². The van der Waals surface area contributed by atoms with Crippen molar-refractivity contribution in [3.05, 3.63) is 177 Å². The Morgan fingerprint density at radius 1 is 0.634 bits per heavy atom. The summed E-state index contributed by atoms with van der Waals surface area (Å²) in [6.45, 7) is 7.58. The van der Waals surface area contributed by atoms with Crippen LogP contribution in [0.25, 0.3) is 65.9 Å². The van der Waals surface area contributed by atoms with Gasteiger partial charge in [-0.15, -0.1) is 0 Å². The third-order valence-electron chi connectivity index (χ3n) is 11.4. The van der Waals surface area contributed by atoms with Gasteiger partial charge < -0.3 is 26.4 Å². The molecule has 0 saturated carbocycles. The molecule has 4 aromatic heterocycles. The van der Waals surface area contributed by atoms with Crippen LogP contribution in [-0.2, 0) is 13.2 Å². The number of carbonyl (C=O) groups excluding carboxylic acids is 1. The molecular weight excluding hydrogens is 908 g/mol. The summed E-state index contributed by atoms with van der Waals surface area (Å²) in [5, 5.41) is 57.4. The molecule has 4 heterocycles. The molecule has 17 nitrogen and oxygen atoms in total. The number of aromatic nitrogens is 8. The maximum atomic E-state index is 13.1. The third kappa shape index (κ3) is 10.4. The number of para-hydroxylation sites is 2. The van der Waals surface area contributed by atoms with Gasteiger partial charge >= 0.3 is 5.97 Å². The lowest BCUT2D eigenvalue weighted by atomic mass is 9.99. The van der Waals surface area contributed by atoms with E-state index in [9.17, 15) is 33.8 Å². The summed E-state index contributed by atoms with van der Waals surface area (Å²) in [6.07, 6.45) is 0. The monoisotopic (exact) mass is 959 g/mol. The van der Waals surface area contributed by atoms with Gasteiger partial charge in [0.25, 0.3) is 17.0 Å². The van der Waals surface area contributed by atoms with Gasteiger partial charge in [-0.05, 0) is 87.4 Å².